The largest absolute Gasteiger partial charge is 0.394 e. The van der Waals surface area contributed by atoms with Crippen molar-refractivity contribution in [1.82, 2.24) is 0 Å². The highest BCUT2D eigenvalue weighted by Crippen LogP contribution is 2.00. The Morgan fingerprint density at radius 3 is 1.00 bits per heavy atom. The van der Waals surface area contributed by atoms with E-state index in [0.717, 1.165) is 38.5 Å². The van der Waals surface area contributed by atoms with Crippen molar-refractivity contribution in [3.63, 3.8) is 0 Å². The van der Waals surface area contributed by atoms with E-state index in [9.17, 15) is 0 Å². The minimum Gasteiger partial charge on any atom is -0.394 e. The van der Waals surface area contributed by atoms with Crippen LogP contribution < -0.4 is 0 Å². The fourth-order valence-corrected chi connectivity index (χ4v) is 1.45. The molecule has 0 aromatic carbocycles. The lowest BCUT2D eigenvalue weighted by Gasteiger charge is -1.99. The second-order valence-electron chi connectivity index (χ2n) is 7.41. The molecule has 0 saturated heterocycles. The van der Waals surface area contributed by atoms with E-state index in [2.05, 4.69) is 11.7 Å². The summed E-state index contributed by atoms with van der Waals surface area (Å²) >= 11 is 0. The summed E-state index contributed by atoms with van der Waals surface area (Å²) in [5.74, 6) is 0. The van der Waals surface area contributed by atoms with Gasteiger partial charge in [0.05, 0.1) is 52.4 Å². The molecule has 0 aromatic heterocycles. The van der Waals surface area contributed by atoms with E-state index in [0.29, 0.717) is 32.5 Å². The summed E-state index contributed by atoms with van der Waals surface area (Å²) in [5, 5.41) is 96.8. The SMILES string of the molecule is CC(O)CO.CCCC(O)O.CCCCC(O)O.CCCCCC(O)O.OCCO.OCCOCCO. The number of aliphatic hydroxyl groups is 12. The van der Waals surface area contributed by atoms with E-state index in [1.54, 1.807) is 0 Å². The van der Waals surface area contributed by atoms with Crippen LogP contribution in [0.3, 0.4) is 0 Å². The molecule has 0 aliphatic carbocycles. The smallest absolute Gasteiger partial charge is 0.151 e. The number of hydrogen-bond acceptors (Lipinski definition) is 13. The third kappa shape index (κ3) is 116. The van der Waals surface area contributed by atoms with Crippen LogP contribution in [0.5, 0.6) is 0 Å². The predicted molar refractivity (Wildman–Crippen MR) is 141 cm³/mol. The molecule has 0 amide bonds. The molecule has 1 unspecified atom stereocenters. The minimum absolute atomic E-state index is 0.0278. The maximum Gasteiger partial charge on any atom is 0.151 e. The average molecular weight is 557 g/mol. The number of aliphatic hydroxyl groups excluding tert-OH is 9. The van der Waals surface area contributed by atoms with Crippen molar-refractivity contribution in [1.29, 1.82) is 0 Å². The van der Waals surface area contributed by atoms with Crippen LogP contribution in [0.15, 0.2) is 0 Å². The first-order valence-corrected chi connectivity index (χ1v) is 12.8. The Morgan fingerprint density at radius 2 is 0.838 bits per heavy atom. The number of rotatable bonds is 15. The molecule has 13 nitrogen and oxygen atoms in total. The molecule has 0 aliphatic rings. The predicted octanol–water partition coefficient (Wildman–Crippen LogP) is -1.22. The van der Waals surface area contributed by atoms with Crippen molar-refractivity contribution in [2.75, 3.05) is 46.2 Å². The molecule has 0 radical (unpaired) electrons. The Kier molecular flexibility index (Phi) is 69.5. The van der Waals surface area contributed by atoms with Crippen molar-refractivity contribution < 1.29 is 66.0 Å². The molecule has 0 fully saturated rings. The maximum absolute atomic E-state index is 8.33. The Labute approximate surface area is 223 Å². The van der Waals surface area contributed by atoms with Crippen molar-refractivity contribution in [3.05, 3.63) is 0 Å². The lowest BCUT2D eigenvalue weighted by molar-refractivity contribution is -0.0471. The van der Waals surface area contributed by atoms with E-state index in [4.69, 9.17) is 61.3 Å². The Morgan fingerprint density at radius 1 is 0.486 bits per heavy atom. The van der Waals surface area contributed by atoms with Gasteiger partial charge < -0.3 is 66.0 Å². The average Bonchev–Trinajstić information content (AvgIpc) is 2.84. The van der Waals surface area contributed by atoms with Gasteiger partial charge in [-0.1, -0.05) is 46.5 Å². The molecule has 0 aliphatic heterocycles. The second kappa shape index (κ2) is 52.0. The van der Waals surface area contributed by atoms with Gasteiger partial charge in [-0.2, -0.15) is 0 Å². The molecular weight excluding hydrogens is 496 g/mol. The van der Waals surface area contributed by atoms with Crippen LogP contribution in [-0.2, 0) is 4.74 Å². The van der Waals surface area contributed by atoms with E-state index in [1.165, 1.54) is 6.92 Å². The third-order valence-electron chi connectivity index (χ3n) is 3.26. The molecule has 12 N–H and O–H groups in total. The first-order valence-electron chi connectivity index (χ1n) is 12.8. The summed E-state index contributed by atoms with van der Waals surface area (Å²) in [6, 6.07) is 0. The van der Waals surface area contributed by atoms with E-state index >= 15 is 0 Å². The van der Waals surface area contributed by atoms with Crippen LogP contribution >= 0.6 is 0 Å². The molecular formula is C24H60O13. The van der Waals surface area contributed by atoms with Crippen LogP contribution in [0, 0.1) is 0 Å². The number of unbranched alkanes of at least 4 members (excludes halogenated alkanes) is 3. The molecule has 0 rings (SSSR count). The summed E-state index contributed by atoms with van der Waals surface area (Å²) in [6.07, 6.45) is 3.57. The molecule has 0 heterocycles. The minimum atomic E-state index is -1.10. The zero-order chi connectivity index (χ0) is 30.3. The van der Waals surface area contributed by atoms with Gasteiger partial charge in [0.15, 0.2) is 18.9 Å². The van der Waals surface area contributed by atoms with Crippen LogP contribution in [0.4, 0.5) is 0 Å². The molecule has 0 bridgehead atoms. The second-order valence-corrected chi connectivity index (χ2v) is 7.41. The fraction of sp³-hybridized carbons (Fsp3) is 1.00. The normalized spacial score (nSPS) is 10.5. The topological polar surface area (TPSA) is 252 Å². The monoisotopic (exact) mass is 556 g/mol. The van der Waals surface area contributed by atoms with Gasteiger partial charge in [0.1, 0.15) is 0 Å². The lowest BCUT2D eigenvalue weighted by atomic mass is 10.2. The highest BCUT2D eigenvalue weighted by molar-refractivity contribution is 4.40. The Balaban J connectivity index is -0.0000000789. The zero-order valence-electron chi connectivity index (χ0n) is 23.4. The summed E-state index contributed by atoms with van der Waals surface area (Å²) in [7, 11) is 0. The quantitative estimate of drug-likeness (QED) is 0.0835. The third-order valence-corrected chi connectivity index (χ3v) is 3.26. The lowest BCUT2D eigenvalue weighted by Crippen LogP contribution is -2.03. The van der Waals surface area contributed by atoms with Gasteiger partial charge in [-0.3, -0.25) is 0 Å². The summed E-state index contributed by atoms with van der Waals surface area (Å²) < 4.78 is 4.63. The van der Waals surface area contributed by atoms with Gasteiger partial charge in [0.2, 0.25) is 0 Å². The molecule has 0 aromatic rings. The van der Waals surface area contributed by atoms with E-state index in [-0.39, 0.29) is 33.0 Å². The summed E-state index contributed by atoms with van der Waals surface area (Å²) in [6.45, 7) is 7.84. The van der Waals surface area contributed by atoms with Crippen LogP contribution in [0.2, 0.25) is 0 Å². The van der Waals surface area contributed by atoms with Gasteiger partial charge in [-0.15, -0.1) is 0 Å². The molecule has 0 saturated carbocycles. The van der Waals surface area contributed by atoms with Crippen LogP contribution in [0.1, 0.15) is 85.5 Å². The zero-order valence-corrected chi connectivity index (χ0v) is 23.4. The molecule has 1 atom stereocenters. The highest BCUT2D eigenvalue weighted by atomic mass is 16.5. The first kappa shape index (κ1) is 49.4. The number of ether oxygens (including phenoxy) is 1. The molecule has 13 heteroatoms. The van der Waals surface area contributed by atoms with E-state index in [1.807, 2.05) is 13.8 Å². The van der Waals surface area contributed by atoms with Crippen LogP contribution in [-0.4, -0.2) is 133 Å². The summed E-state index contributed by atoms with van der Waals surface area (Å²) in [4.78, 5) is 0. The van der Waals surface area contributed by atoms with Crippen molar-refractivity contribution >= 4 is 0 Å². The fourth-order valence-electron chi connectivity index (χ4n) is 1.45. The van der Waals surface area contributed by atoms with Gasteiger partial charge >= 0.3 is 0 Å². The van der Waals surface area contributed by atoms with Gasteiger partial charge in [-0.25, -0.2) is 0 Å². The Bertz CT molecular complexity index is 302. The first-order chi connectivity index (χ1) is 17.4. The molecule has 37 heavy (non-hydrogen) atoms. The van der Waals surface area contributed by atoms with E-state index < -0.39 is 25.0 Å². The van der Waals surface area contributed by atoms with Crippen molar-refractivity contribution in [2.45, 2.75) is 110 Å². The van der Waals surface area contributed by atoms with Crippen molar-refractivity contribution in [3.8, 4) is 0 Å². The maximum atomic E-state index is 8.33. The molecule has 0 spiro atoms. The van der Waals surface area contributed by atoms with Gasteiger partial charge in [0.25, 0.3) is 0 Å². The molecule has 234 valence electrons. The Hall–Kier alpha value is -0.520. The standard InChI is InChI=1S/C6H14O2.C5H12O2.C4H10O3.C4H10O2.C3H8O2.C2H6O2/c1-2-3-4-5-6(7)8;1-2-3-4-5(6)7;5-1-3-7-4-2-6;1-2-3-4(5)6;1-3(5)2-4;3-1-2-4/h6-8H,2-5H2,1H3;5-7H,2-4H2,1H3;5-6H,1-4H2;4-6H,2-3H2,1H3;3-5H,2H2,1H3;3-4H,1-2H2. The number of hydrogen-bond donors (Lipinski definition) is 12. The van der Waals surface area contributed by atoms with Gasteiger partial charge in [-0.05, 0) is 39.0 Å². The van der Waals surface area contributed by atoms with Crippen LogP contribution in [0.25, 0.3) is 0 Å². The highest BCUT2D eigenvalue weighted by Gasteiger charge is 1.94. The van der Waals surface area contributed by atoms with Gasteiger partial charge in [0, 0.05) is 0 Å². The summed E-state index contributed by atoms with van der Waals surface area (Å²) in [5.41, 5.74) is 0. The van der Waals surface area contributed by atoms with Crippen molar-refractivity contribution in [2.24, 2.45) is 0 Å².